The van der Waals surface area contributed by atoms with Gasteiger partial charge in [-0.3, -0.25) is 4.90 Å². The lowest BCUT2D eigenvalue weighted by molar-refractivity contribution is -0.849. The van der Waals surface area contributed by atoms with E-state index in [1.165, 1.54) is 76.2 Å². The molecule has 1 unspecified atom stereocenters. The first-order valence-corrected chi connectivity index (χ1v) is 9.37. The molecule has 1 aliphatic rings. The molecule has 0 fully saturated rings. The molecule has 2 nitrogen and oxygen atoms in total. The summed E-state index contributed by atoms with van der Waals surface area (Å²) in [5, 5.41) is 0. The first-order chi connectivity index (χ1) is 9.36. The minimum atomic E-state index is 0. The zero-order chi connectivity index (χ0) is 13.8. The Morgan fingerprint density at radius 3 is 2.45 bits per heavy atom. The van der Waals surface area contributed by atoms with Crippen LogP contribution in [0.1, 0.15) is 65.2 Å². The molecule has 0 bridgehead atoms. The van der Waals surface area contributed by atoms with Crippen molar-refractivity contribution in [1.29, 1.82) is 0 Å². The normalized spacial score (nSPS) is 17.5. The summed E-state index contributed by atoms with van der Waals surface area (Å²) in [6.45, 7) is 7.04. The van der Waals surface area contributed by atoms with Crippen molar-refractivity contribution in [3.05, 3.63) is 12.4 Å². The highest BCUT2D eigenvalue weighted by atomic mass is 35.5. The lowest BCUT2D eigenvalue weighted by atomic mass is 10.1. The van der Waals surface area contributed by atoms with Crippen LogP contribution in [0.4, 0.5) is 0 Å². The van der Waals surface area contributed by atoms with Gasteiger partial charge in [0.05, 0.1) is 18.6 Å². The summed E-state index contributed by atoms with van der Waals surface area (Å²) in [4.78, 5) is 4.09. The minimum Gasteiger partial charge on any atom is -1.00 e. The highest BCUT2D eigenvalue weighted by Gasteiger charge is 2.15. The van der Waals surface area contributed by atoms with Gasteiger partial charge in [-0.1, -0.05) is 52.4 Å². The van der Waals surface area contributed by atoms with Crippen molar-refractivity contribution >= 4 is 11.8 Å². The van der Waals surface area contributed by atoms with Crippen LogP contribution in [0.2, 0.25) is 0 Å². The maximum absolute atomic E-state index is 2.47. The number of hydrogen-bond acceptors (Lipinski definition) is 2. The molecule has 1 aliphatic heterocycles. The molecule has 1 heterocycles. The van der Waals surface area contributed by atoms with Crippen molar-refractivity contribution in [2.24, 2.45) is 0 Å². The summed E-state index contributed by atoms with van der Waals surface area (Å²) in [5.41, 5.74) is 0. The van der Waals surface area contributed by atoms with Gasteiger partial charge in [-0.25, -0.2) is 0 Å². The Hall–Kier alpha value is 0.140. The molecule has 1 atom stereocenters. The van der Waals surface area contributed by atoms with Crippen molar-refractivity contribution in [3.8, 4) is 0 Å². The smallest absolute Gasteiger partial charge is 0.157 e. The fraction of sp³-hybridized carbons (Fsp3) is 0.875. The predicted octanol–water partition coefficient (Wildman–Crippen LogP) is 0.471. The Labute approximate surface area is 136 Å². The quantitative estimate of drug-likeness (QED) is 0.523. The molecule has 0 saturated carbocycles. The maximum Gasteiger partial charge on any atom is 0.157 e. The maximum atomic E-state index is 2.47. The third-order valence-electron chi connectivity index (χ3n) is 3.68. The Balaban J connectivity index is 0.00000361. The largest absolute Gasteiger partial charge is 1.00 e. The van der Waals surface area contributed by atoms with Crippen LogP contribution in [0, 0.1) is 0 Å². The Kier molecular flexibility index (Phi) is 14.2. The molecule has 0 aromatic heterocycles. The Bertz CT molecular complexity index is 237. The average molecular weight is 321 g/mol. The molecule has 0 radical (unpaired) electrons. The number of quaternary nitrogens is 1. The molecule has 1 N–H and O–H groups in total. The van der Waals surface area contributed by atoms with Gasteiger partial charge in [-0.2, -0.15) is 0 Å². The molecule has 0 amide bonds. The first-order valence-electron chi connectivity index (χ1n) is 8.21. The Morgan fingerprint density at radius 2 is 1.70 bits per heavy atom. The fourth-order valence-electron chi connectivity index (χ4n) is 2.40. The average Bonchev–Trinajstić information content (AvgIpc) is 2.87. The SMILES string of the molecule is CCCCCCCCSCN1C=C[NH+](CCCC)C1.[Cl-]. The summed E-state index contributed by atoms with van der Waals surface area (Å²) in [5.74, 6) is 2.52. The lowest BCUT2D eigenvalue weighted by Crippen LogP contribution is -3.07. The van der Waals surface area contributed by atoms with Gasteiger partial charge in [0.1, 0.15) is 6.20 Å². The van der Waals surface area contributed by atoms with Gasteiger partial charge in [-0.05, 0) is 18.6 Å². The van der Waals surface area contributed by atoms with Crippen LogP contribution in [0.15, 0.2) is 12.4 Å². The van der Waals surface area contributed by atoms with Crippen molar-refractivity contribution in [2.45, 2.75) is 65.2 Å². The van der Waals surface area contributed by atoms with Crippen LogP contribution in [-0.4, -0.2) is 29.7 Å². The Morgan fingerprint density at radius 1 is 1.00 bits per heavy atom. The number of halogens is 1. The molecule has 120 valence electrons. The highest BCUT2D eigenvalue weighted by molar-refractivity contribution is 7.99. The molecule has 4 heteroatoms. The predicted molar refractivity (Wildman–Crippen MR) is 87.3 cm³/mol. The topological polar surface area (TPSA) is 7.68 Å². The zero-order valence-electron chi connectivity index (χ0n) is 13.4. The van der Waals surface area contributed by atoms with Crippen LogP contribution in [0.3, 0.4) is 0 Å². The molecule has 20 heavy (non-hydrogen) atoms. The number of thioether (sulfide) groups is 1. The van der Waals surface area contributed by atoms with Crippen molar-refractivity contribution in [2.75, 3.05) is 24.8 Å². The van der Waals surface area contributed by atoms with Crippen molar-refractivity contribution < 1.29 is 17.3 Å². The van der Waals surface area contributed by atoms with Gasteiger partial charge in [0.25, 0.3) is 0 Å². The molecule has 0 aliphatic carbocycles. The van der Waals surface area contributed by atoms with Gasteiger partial charge < -0.3 is 17.3 Å². The second-order valence-corrected chi connectivity index (χ2v) is 6.70. The van der Waals surface area contributed by atoms with E-state index in [1.807, 2.05) is 0 Å². The van der Waals surface area contributed by atoms with Gasteiger partial charge in [0.2, 0.25) is 0 Å². The number of rotatable bonds is 12. The van der Waals surface area contributed by atoms with E-state index in [2.05, 4.69) is 42.9 Å². The molecule has 0 spiro atoms. The summed E-state index contributed by atoms with van der Waals surface area (Å²) in [6.07, 6.45) is 15.8. The number of nitrogens with one attached hydrogen (secondary N) is 1. The van der Waals surface area contributed by atoms with E-state index in [9.17, 15) is 0 Å². The lowest BCUT2D eigenvalue weighted by Gasteiger charge is -2.16. The van der Waals surface area contributed by atoms with Gasteiger partial charge in [0.15, 0.2) is 6.67 Å². The summed E-state index contributed by atoms with van der Waals surface area (Å²) in [6, 6.07) is 0. The molecule has 1 rings (SSSR count). The van der Waals surface area contributed by atoms with E-state index < -0.39 is 0 Å². The molecular weight excluding hydrogens is 288 g/mol. The monoisotopic (exact) mass is 320 g/mol. The highest BCUT2D eigenvalue weighted by Crippen LogP contribution is 2.11. The second-order valence-electron chi connectivity index (χ2n) is 5.63. The van der Waals surface area contributed by atoms with E-state index in [-0.39, 0.29) is 12.4 Å². The van der Waals surface area contributed by atoms with Gasteiger partial charge >= 0.3 is 0 Å². The number of nitrogens with zero attached hydrogens (tertiary/aromatic N) is 1. The van der Waals surface area contributed by atoms with Crippen molar-refractivity contribution in [3.63, 3.8) is 0 Å². The standard InChI is InChI=1S/C16H32N2S.ClH/c1-3-5-7-8-9-10-14-19-16-18-13-12-17(15-18)11-6-4-2;/h12-13H,3-11,14-16H2,1-2H3;1H. The molecule has 0 aromatic rings. The zero-order valence-corrected chi connectivity index (χ0v) is 14.9. The fourth-order valence-corrected chi connectivity index (χ4v) is 3.35. The summed E-state index contributed by atoms with van der Waals surface area (Å²) in [7, 11) is 0. The van der Waals surface area contributed by atoms with Gasteiger partial charge in [0, 0.05) is 0 Å². The van der Waals surface area contributed by atoms with Crippen LogP contribution >= 0.6 is 11.8 Å². The molecule has 0 saturated heterocycles. The molecular formula is C16H33ClN2S. The number of unbranched alkanes of at least 4 members (excludes halogenated alkanes) is 6. The van der Waals surface area contributed by atoms with Crippen LogP contribution in [0.25, 0.3) is 0 Å². The summed E-state index contributed by atoms with van der Waals surface area (Å²) >= 11 is 2.10. The van der Waals surface area contributed by atoms with E-state index >= 15 is 0 Å². The third kappa shape index (κ3) is 9.95. The van der Waals surface area contributed by atoms with Crippen LogP contribution in [0.5, 0.6) is 0 Å². The van der Waals surface area contributed by atoms with E-state index in [1.54, 1.807) is 4.90 Å². The van der Waals surface area contributed by atoms with E-state index in [0.717, 1.165) is 0 Å². The van der Waals surface area contributed by atoms with Gasteiger partial charge in [-0.15, -0.1) is 11.8 Å². The van der Waals surface area contributed by atoms with E-state index in [0.29, 0.717) is 0 Å². The number of hydrogen-bond donors (Lipinski definition) is 1. The second kappa shape index (κ2) is 14.1. The third-order valence-corrected chi connectivity index (χ3v) is 4.77. The minimum absolute atomic E-state index is 0. The summed E-state index contributed by atoms with van der Waals surface area (Å²) < 4.78 is 0. The van der Waals surface area contributed by atoms with E-state index in [4.69, 9.17) is 0 Å². The molecule has 0 aromatic carbocycles. The van der Waals surface area contributed by atoms with Crippen molar-refractivity contribution in [1.82, 2.24) is 4.90 Å². The van der Waals surface area contributed by atoms with Crippen LogP contribution in [-0.2, 0) is 0 Å². The van der Waals surface area contributed by atoms with Crippen LogP contribution < -0.4 is 17.3 Å². The first kappa shape index (κ1) is 20.1.